The van der Waals surface area contributed by atoms with Crippen LogP contribution in [0.2, 0.25) is 0 Å². The van der Waals surface area contributed by atoms with Crippen LogP contribution in [0.4, 0.5) is 5.69 Å². The fraction of sp³-hybridized carbons (Fsp3) is 0.647. The summed E-state index contributed by atoms with van der Waals surface area (Å²) in [6, 6.07) is 9.05. The molecule has 0 aromatic heterocycles. The summed E-state index contributed by atoms with van der Waals surface area (Å²) in [5, 5.41) is 0. The molecule has 0 spiro atoms. The highest BCUT2D eigenvalue weighted by molar-refractivity contribution is 5.40. The summed E-state index contributed by atoms with van der Waals surface area (Å²) in [6.07, 6.45) is 5.42. The van der Waals surface area contributed by atoms with Gasteiger partial charge in [-0.25, -0.2) is 0 Å². The maximum absolute atomic E-state index is 5.86. The highest BCUT2D eigenvalue weighted by Crippen LogP contribution is 2.18. The number of likely N-dealkylation sites (tertiary alicyclic amines) is 1. The fourth-order valence-electron chi connectivity index (χ4n) is 3.14. The quantitative estimate of drug-likeness (QED) is 0.810. The van der Waals surface area contributed by atoms with Gasteiger partial charge < -0.3 is 10.6 Å². The van der Waals surface area contributed by atoms with Gasteiger partial charge in [0.2, 0.25) is 0 Å². The average Bonchev–Trinajstić information content (AvgIpc) is 2.45. The van der Waals surface area contributed by atoms with Crippen molar-refractivity contribution in [3.63, 3.8) is 0 Å². The molecule has 1 unspecified atom stereocenters. The van der Waals surface area contributed by atoms with Crippen LogP contribution in [0.25, 0.3) is 0 Å². The second-order valence-electron chi connectivity index (χ2n) is 6.03. The predicted octanol–water partition coefficient (Wildman–Crippen LogP) is 2.97. The molecule has 20 heavy (non-hydrogen) atoms. The van der Waals surface area contributed by atoms with E-state index in [9.17, 15) is 0 Å². The maximum Gasteiger partial charge on any atom is 0.0317 e. The zero-order valence-electron chi connectivity index (χ0n) is 13.0. The first kappa shape index (κ1) is 15.3. The summed E-state index contributed by atoms with van der Waals surface area (Å²) in [5.74, 6) is 0. The van der Waals surface area contributed by atoms with E-state index in [1.54, 1.807) is 0 Å². The summed E-state index contributed by atoms with van der Waals surface area (Å²) < 4.78 is 0. The monoisotopic (exact) mass is 275 g/mol. The first-order valence-corrected chi connectivity index (χ1v) is 7.96. The number of nitrogens with two attached hydrogens (primary N) is 1. The van der Waals surface area contributed by atoms with Crippen LogP contribution in [-0.4, -0.2) is 42.5 Å². The van der Waals surface area contributed by atoms with E-state index in [1.165, 1.54) is 44.3 Å². The van der Waals surface area contributed by atoms with Crippen LogP contribution in [0.15, 0.2) is 24.3 Å². The molecule has 1 fully saturated rings. The molecule has 0 aliphatic carbocycles. The van der Waals surface area contributed by atoms with Gasteiger partial charge in [0, 0.05) is 18.3 Å². The smallest absolute Gasteiger partial charge is 0.0317 e. The Morgan fingerprint density at radius 3 is 2.90 bits per heavy atom. The molecule has 2 rings (SSSR count). The minimum atomic E-state index is 0.777. The highest BCUT2D eigenvalue weighted by atomic mass is 15.2. The molecule has 0 bridgehead atoms. The van der Waals surface area contributed by atoms with E-state index >= 15 is 0 Å². The molecular weight excluding hydrogens is 246 g/mol. The van der Waals surface area contributed by atoms with Crippen molar-refractivity contribution in [2.24, 2.45) is 0 Å². The summed E-state index contributed by atoms with van der Waals surface area (Å²) in [4.78, 5) is 5.06. The number of hydrogen-bond acceptors (Lipinski definition) is 3. The van der Waals surface area contributed by atoms with Crippen LogP contribution in [0.5, 0.6) is 0 Å². The molecule has 2 N–H and O–H groups in total. The fourth-order valence-corrected chi connectivity index (χ4v) is 3.14. The lowest BCUT2D eigenvalue weighted by atomic mass is 10.00. The van der Waals surface area contributed by atoms with Crippen molar-refractivity contribution in [3.05, 3.63) is 29.8 Å². The number of nitrogen functional groups attached to an aromatic ring is 1. The Hall–Kier alpha value is -1.06. The van der Waals surface area contributed by atoms with E-state index in [1.807, 2.05) is 12.1 Å². The van der Waals surface area contributed by atoms with E-state index in [2.05, 4.69) is 35.9 Å². The molecule has 1 saturated heterocycles. The van der Waals surface area contributed by atoms with Crippen LogP contribution >= 0.6 is 0 Å². The molecule has 0 saturated carbocycles. The lowest BCUT2D eigenvalue weighted by molar-refractivity contribution is 0.153. The van der Waals surface area contributed by atoms with Crippen molar-refractivity contribution in [1.82, 2.24) is 9.80 Å². The predicted molar refractivity (Wildman–Crippen MR) is 86.7 cm³/mol. The number of hydrogen-bond donors (Lipinski definition) is 1. The van der Waals surface area contributed by atoms with Crippen molar-refractivity contribution in [2.75, 3.05) is 32.4 Å². The summed E-state index contributed by atoms with van der Waals surface area (Å²) in [5.41, 5.74) is 8.05. The minimum absolute atomic E-state index is 0.777. The average molecular weight is 275 g/mol. The lowest BCUT2D eigenvalue weighted by Crippen LogP contribution is -2.39. The van der Waals surface area contributed by atoms with Gasteiger partial charge in [0.1, 0.15) is 0 Å². The van der Waals surface area contributed by atoms with Crippen LogP contribution < -0.4 is 5.73 Å². The van der Waals surface area contributed by atoms with E-state index in [4.69, 9.17) is 5.73 Å². The Balaban J connectivity index is 1.82. The molecule has 1 aromatic rings. The molecule has 1 aliphatic rings. The van der Waals surface area contributed by atoms with Crippen LogP contribution in [0.3, 0.4) is 0 Å². The molecule has 0 radical (unpaired) electrons. The van der Waals surface area contributed by atoms with Gasteiger partial charge in [-0.15, -0.1) is 0 Å². The maximum atomic E-state index is 5.86. The summed E-state index contributed by atoms with van der Waals surface area (Å²) in [7, 11) is 2.28. The minimum Gasteiger partial charge on any atom is -0.399 e. The number of rotatable bonds is 6. The second-order valence-corrected chi connectivity index (χ2v) is 6.03. The molecule has 1 heterocycles. The number of nitrogens with zero attached hydrogens (tertiary/aromatic N) is 2. The topological polar surface area (TPSA) is 32.5 Å². The number of piperidine rings is 1. The van der Waals surface area contributed by atoms with Gasteiger partial charge in [-0.2, -0.15) is 0 Å². The first-order chi connectivity index (χ1) is 9.69. The molecular formula is C17H29N3. The van der Waals surface area contributed by atoms with E-state index in [0.717, 1.165) is 24.8 Å². The van der Waals surface area contributed by atoms with Gasteiger partial charge in [0.25, 0.3) is 0 Å². The van der Waals surface area contributed by atoms with Crippen LogP contribution in [0, 0.1) is 0 Å². The molecule has 112 valence electrons. The number of benzene rings is 1. The van der Waals surface area contributed by atoms with Crippen molar-refractivity contribution < 1.29 is 0 Å². The van der Waals surface area contributed by atoms with Crippen molar-refractivity contribution in [3.8, 4) is 0 Å². The molecule has 1 atom stereocenters. The summed E-state index contributed by atoms with van der Waals surface area (Å²) >= 11 is 0. The lowest BCUT2D eigenvalue weighted by Gasteiger charge is -2.34. The van der Waals surface area contributed by atoms with E-state index in [-0.39, 0.29) is 0 Å². The Morgan fingerprint density at radius 2 is 2.20 bits per heavy atom. The molecule has 0 amide bonds. The van der Waals surface area contributed by atoms with E-state index in [0.29, 0.717) is 0 Å². The Kier molecular flexibility index (Phi) is 5.86. The standard InChI is InChI=1S/C17H29N3/c1-3-20(14-15-7-6-8-16(18)13-15)12-10-17-9-4-5-11-19(17)2/h6-8,13,17H,3-5,9-12,14,18H2,1-2H3. The largest absolute Gasteiger partial charge is 0.399 e. The zero-order chi connectivity index (χ0) is 14.4. The van der Waals surface area contributed by atoms with Crippen LogP contribution in [-0.2, 0) is 6.54 Å². The third-order valence-electron chi connectivity index (χ3n) is 4.50. The third kappa shape index (κ3) is 4.50. The number of anilines is 1. The van der Waals surface area contributed by atoms with Gasteiger partial charge in [-0.3, -0.25) is 4.90 Å². The molecule has 3 nitrogen and oxygen atoms in total. The Bertz CT molecular complexity index is 405. The Labute approximate surface area is 123 Å². The summed E-state index contributed by atoms with van der Waals surface area (Å²) in [6.45, 7) is 6.81. The first-order valence-electron chi connectivity index (χ1n) is 7.96. The molecule has 3 heteroatoms. The van der Waals surface area contributed by atoms with Gasteiger partial charge >= 0.3 is 0 Å². The van der Waals surface area contributed by atoms with Gasteiger partial charge in [0.05, 0.1) is 0 Å². The SMILES string of the molecule is CCN(CCC1CCCCN1C)Cc1cccc(N)c1. The second kappa shape index (κ2) is 7.65. The van der Waals surface area contributed by atoms with Gasteiger partial charge in [-0.1, -0.05) is 25.5 Å². The van der Waals surface area contributed by atoms with Crippen molar-refractivity contribution in [1.29, 1.82) is 0 Å². The molecule has 1 aromatic carbocycles. The normalized spacial score (nSPS) is 20.4. The van der Waals surface area contributed by atoms with Crippen molar-refractivity contribution in [2.45, 2.75) is 45.2 Å². The van der Waals surface area contributed by atoms with Gasteiger partial charge in [-0.05, 0) is 63.6 Å². The van der Waals surface area contributed by atoms with Gasteiger partial charge in [0.15, 0.2) is 0 Å². The molecule has 1 aliphatic heterocycles. The third-order valence-corrected chi connectivity index (χ3v) is 4.50. The highest BCUT2D eigenvalue weighted by Gasteiger charge is 2.19. The van der Waals surface area contributed by atoms with E-state index < -0.39 is 0 Å². The Morgan fingerprint density at radius 1 is 1.35 bits per heavy atom. The van der Waals surface area contributed by atoms with Crippen molar-refractivity contribution >= 4 is 5.69 Å². The van der Waals surface area contributed by atoms with Crippen LogP contribution in [0.1, 0.15) is 38.2 Å². The zero-order valence-corrected chi connectivity index (χ0v) is 13.0.